The van der Waals surface area contributed by atoms with Crippen LogP contribution in [0.1, 0.15) is 17.3 Å². The summed E-state index contributed by atoms with van der Waals surface area (Å²) in [6, 6.07) is 11.5. The fraction of sp³-hybridized carbons (Fsp3) is 0.133. The van der Waals surface area contributed by atoms with Crippen molar-refractivity contribution in [3.8, 4) is 5.75 Å². The SMILES string of the molecule is C=C(C)COc1ccc2ccccc2c1C=O. The first-order valence-corrected chi connectivity index (χ1v) is 5.46. The number of ether oxygens (including phenoxy) is 1. The standard InChI is InChI=1S/C15H14O2/c1-11(2)10-17-15-8-7-12-5-3-4-6-13(12)14(15)9-16/h3-9H,1,10H2,2H3. The van der Waals surface area contributed by atoms with Crippen LogP contribution in [-0.4, -0.2) is 12.9 Å². The first kappa shape index (κ1) is 11.4. The fourth-order valence-electron chi connectivity index (χ4n) is 1.72. The van der Waals surface area contributed by atoms with E-state index in [2.05, 4.69) is 6.58 Å². The van der Waals surface area contributed by atoms with Crippen LogP contribution in [0, 0.1) is 0 Å². The van der Waals surface area contributed by atoms with Gasteiger partial charge in [0.15, 0.2) is 6.29 Å². The number of carbonyl (C=O) groups excluding carboxylic acids is 1. The zero-order chi connectivity index (χ0) is 12.3. The average Bonchev–Trinajstić information content (AvgIpc) is 2.35. The Hall–Kier alpha value is -2.09. The van der Waals surface area contributed by atoms with Crippen LogP contribution in [0.25, 0.3) is 10.8 Å². The Kier molecular flexibility index (Phi) is 3.24. The highest BCUT2D eigenvalue weighted by molar-refractivity contribution is 6.00. The van der Waals surface area contributed by atoms with Crippen molar-refractivity contribution in [2.24, 2.45) is 0 Å². The van der Waals surface area contributed by atoms with Gasteiger partial charge in [-0.1, -0.05) is 36.9 Å². The van der Waals surface area contributed by atoms with Crippen LogP contribution in [0.4, 0.5) is 0 Å². The summed E-state index contributed by atoms with van der Waals surface area (Å²) >= 11 is 0. The van der Waals surface area contributed by atoms with Crippen LogP contribution < -0.4 is 4.74 Å². The lowest BCUT2D eigenvalue weighted by Gasteiger charge is -2.10. The number of aldehydes is 1. The van der Waals surface area contributed by atoms with Gasteiger partial charge in [-0.15, -0.1) is 0 Å². The molecule has 0 amide bonds. The molecule has 0 fully saturated rings. The molecule has 0 saturated carbocycles. The van der Waals surface area contributed by atoms with E-state index in [0.29, 0.717) is 17.9 Å². The molecule has 0 aromatic heterocycles. The van der Waals surface area contributed by atoms with Gasteiger partial charge in [0.25, 0.3) is 0 Å². The van der Waals surface area contributed by atoms with Crippen LogP contribution in [0.5, 0.6) is 5.75 Å². The van der Waals surface area contributed by atoms with E-state index in [1.54, 1.807) is 0 Å². The van der Waals surface area contributed by atoms with Crippen LogP contribution in [0.15, 0.2) is 48.6 Å². The summed E-state index contributed by atoms with van der Waals surface area (Å²) in [6.45, 7) is 6.09. The van der Waals surface area contributed by atoms with Crippen molar-refractivity contribution in [3.63, 3.8) is 0 Å². The van der Waals surface area contributed by atoms with Gasteiger partial charge in [0.1, 0.15) is 12.4 Å². The molecule has 2 aromatic carbocycles. The number of hydrogen-bond donors (Lipinski definition) is 0. The van der Waals surface area contributed by atoms with E-state index in [-0.39, 0.29) is 0 Å². The maximum atomic E-state index is 11.2. The van der Waals surface area contributed by atoms with Gasteiger partial charge in [0, 0.05) is 0 Å². The Bertz CT molecular complexity index is 570. The lowest BCUT2D eigenvalue weighted by atomic mass is 10.0. The Morgan fingerprint density at radius 1 is 1.29 bits per heavy atom. The maximum Gasteiger partial charge on any atom is 0.154 e. The Balaban J connectivity index is 2.49. The van der Waals surface area contributed by atoms with Crippen molar-refractivity contribution < 1.29 is 9.53 Å². The monoisotopic (exact) mass is 226 g/mol. The minimum Gasteiger partial charge on any atom is -0.489 e. The average molecular weight is 226 g/mol. The van der Waals surface area contributed by atoms with Crippen LogP contribution >= 0.6 is 0 Å². The van der Waals surface area contributed by atoms with E-state index >= 15 is 0 Å². The first-order valence-electron chi connectivity index (χ1n) is 5.46. The second-order valence-corrected chi connectivity index (χ2v) is 4.06. The molecule has 0 aliphatic rings. The van der Waals surface area contributed by atoms with Crippen LogP contribution in [0.2, 0.25) is 0 Å². The molecule has 2 nitrogen and oxygen atoms in total. The second kappa shape index (κ2) is 4.83. The van der Waals surface area contributed by atoms with Gasteiger partial charge >= 0.3 is 0 Å². The van der Waals surface area contributed by atoms with Gasteiger partial charge in [-0.3, -0.25) is 4.79 Å². The molecule has 0 atom stereocenters. The van der Waals surface area contributed by atoms with Crippen molar-refractivity contribution in [1.29, 1.82) is 0 Å². The van der Waals surface area contributed by atoms with E-state index < -0.39 is 0 Å². The summed E-state index contributed by atoms with van der Waals surface area (Å²) in [6.07, 6.45) is 0.843. The second-order valence-electron chi connectivity index (χ2n) is 4.06. The molecule has 0 bridgehead atoms. The quantitative estimate of drug-likeness (QED) is 0.588. The van der Waals surface area contributed by atoms with Crippen molar-refractivity contribution >= 4 is 17.1 Å². The highest BCUT2D eigenvalue weighted by atomic mass is 16.5. The molecule has 2 aromatic rings. The number of rotatable bonds is 4. The van der Waals surface area contributed by atoms with Gasteiger partial charge in [-0.2, -0.15) is 0 Å². The Labute approximate surface area is 101 Å². The maximum absolute atomic E-state index is 11.2. The van der Waals surface area contributed by atoms with Gasteiger partial charge in [-0.25, -0.2) is 0 Å². The topological polar surface area (TPSA) is 26.3 Å². The van der Waals surface area contributed by atoms with Gasteiger partial charge in [0.2, 0.25) is 0 Å². The third kappa shape index (κ3) is 2.36. The number of fused-ring (bicyclic) bond motifs is 1. The molecule has 0 spiro atoms. The van der Waals surface area contributed by atoms with Crippen molar-refractivity contribution in [3.05, 3.63) is 54.1 Å². The van der Waals surface area contributed by atoms with Crippen LogP contribution in [0.3, 0.4) is 0 Å². The summed E-state index contributed by atoms with van der Waals surface area (Å²) in [5.41, 5.74) is 1.53. The van der Waals surface area contributed by atoms with E-state index in [9.17, 15) is 4.79 Å². The predicted octanol–water partition coefficient (Wildman–Crippen LogP) is 3.61. The molecular formula is C15H14O2. The lowest BCUT2D eigenvalue weighted by Crippen LogP contribution is -2.00. The zero-order valence-electron chi connectivity index (χ0n) is 9.77. The molecule has 0 saturated heterocycles. The number of hydrogen-bond acceptors (Lipinski definition) is 2. The van der Waals surface area contributed by atoms with Gasteiger partial charge < -0.3 is 4.74 Å². The Morgan fingerprint density at radius 2 is 2.06 bits per heavy atom. The van der Waals surface area contributed by atoms with Crippen LogP contribution in [-0.2, 0) is 0 Å². The highest BCUT2D eigenvalue weighted by Crippen LogP contribution is 2.26. The molecule has 2 rings (SSSR count). The van der Waals surface area contributed by atoms with E-state index in [0.717, 1.165) is 22.6 Å². The number of benzene rings is 2. The first-order chi connectivity index (χ1) is 8.22. The highest BCUT2D eigenvalue weighted by Gasteiger charge is 2.07. The van der Waals surface area contributed by atoms with Gasteiger partial charge in [-0.05, 0) is 29.3 Å². The summed E-state index contributed by atoms with van der Waals surface area (Å²) in [5, 5.41) is 1.96. The molecule has 0 N–H and O–H groups in total. The van der Waals surface area contributed by atoms with Crippen molar-refractivity contribution in [2.75, 3.05) is 6.61 Å². The van der Waals surface area contributed by atoms with E-state index in [1.807, 2.05) is 43.3 Å². The molecule has 17 heavy (non-hydrogen) atoms. The molecule has 0 aliphatic carbocycles. The third-order valence-corrected chi connectivity index (χ3v) is 2.52. The molecule has 0 aliphatic heterocycles. The molecule has 0 unspecified atom stereocenters. The smallest absolute Gasteiger partial charge is 0.154 e. The molecule has 86 valence electrons. The minimum absolute atomic E-state index is 0.430. The Morgan fingerprint density at radius 3 is 2.76 bits per heavy atom. The molecule has 0 heterocycles. The third-order valence-electron chi connectivity index (χ3n) is 2.52. The minimum atomic E-state index is 0.430. The van der Waals surface area contributed by atoms with E-state index in [1.165, 1.54) is 0 Å². The largest absolute Gasteiger partial charge is 0.489 e. The summed E-state index contributed by atoms with van der Waals surface area (Å²) in [5.74, 6) is 0.613. The van der Waals surface area contributed by atoms with Crippen molar-refractivity contribution in [1.82, 2.24) is 0 Å². The zero-order valence-corrected chi connectivity index (χ0v) is 9.77. The summed E-state index contributed by atoms with van der Waals surface area (Å²) < 4.78 is 5.57. The van der Waals surface area contributed by atoms with E-state index in [4.69, 9.17) is 4.74 Å². The predicted molar refractivity (Wildman–Crippen MR) is 69.6 cm³/mol. The normalized spacial score (nSPS) is 10.2. The lowest BCUT2D eigenvalue weighted by molar-refractivity contribution is 0.112. The summed E-state index contributed by atoms with van der Waals surface area (Å²) in [4.78, 5) is 11.2. The van der Waals surface area contributed by atoms with Crippen molar-refractivity contribution in [2.45, 2.75) is 6.92 Å². The molecular weight excluding hydrogens is 212 g/mol. The molecule has 2 heteroatoms. The molecule has 0 radical (unpaired) electrons. The van der Waals surface area contributed by atoms with Gasteiger partial charge in [0.05, 0.1) is 5.56 Å². The fourth-order valence-corrected chi connectivity index (χ4v) is 1.72. The summed E-state index contributed by atoms with van der Waals surface area (Å²) in [7, 11) is 0. The number of carbonyl (C=O) groups is 1.